The van der Waals surface area contributed by atoms with Gasteiger partial charge in [0.05, 0.1) is 16.5 Å². The van der Waals surface area contributed by atoms with Crippen molar-refractivity contribution in [2.24, 2.45) is 0 Å². The summed E-state index contributed by atoms with van der Waals surface area (Å²) in [6.07, 6.45) is 1.89. The van der Waals surface area contributed by atoms with Crippen LogP contribution in [0, 0.1) is 12.1 Å². The Morgan fingerprint density at radius 2 is 1.17 bits per heavy atom. The summed E-state index contributed by atoms with van der Waals surface area (Å²) >= 11 is 0. The molecule has 0 radical (unpaired) electrons. The fourth-order valence-electron chi connectivity index (χ4n) is 9.92. The molecule has 0 spiro atoms. The van der Waals surface area contributed by atoms with Gasteiger partial charge in [-0.25, -0.2) is 4.98 Å². The minimum absolute atomic E-state index is 0. The first-order chi connectivity index (χ1) is 30.8. The van der Waals surface area contributed by atoms with Gasteiger partial charge in [0.15, 0.2) is 0 Å². The van der Waals surface area contributed by atoms with E-state index in [-0.39, 0.29) is 31.9 Å². The van der Waals surface area contributed by atoms with E-state index in [2.05, 4.69) is 217 Å². The number of hydrogen-bond donors (Lipinski definition) is 0. The Morgan fingerprint density at radius 3 is 1.94 bits per heavy atom. The second kappa shape index (κ2) is 15.0. The summed E-state index contributed by atoms with van der Waals surface area (Å²) in [6, 6.07) is 73.1. The van der Waals surface area contributed by atoms with E-state index in [1.807, 2.05) is 24.4 Å². The number of rotatable bonds is 6. The third-order valence-corrected chi connectivity index (χ3v) is 13.8. The van der Waals surface area contributed by atoms with Gasteiger partial charge in [0.25, 0.3) is 5.69 Å². The van der Waals surface area contributed by atoms with Crippen molar-refractivity contribution in [3.8, 4) is 39.6 Å². The summed E-state index contributed by atoms with van der Waals surface area (Å²) in [7, 11) is 0. The van der Waals surface area contributed by atoms with Crippen LogP contribution in [0.4, 0.5) is 22.7 Å². The van der Waals surface area contributed by atoms with Gasteiger partial charge in [-0.15, -0.1) is 23.6 Å². The molecule has 308 valence electrons. The molecule has 0 amide bonds. The first-order valence-corrected chi connectivity index (χ1v) is 21.6. The summed E-state index contributed by atoms with van der Waals surface area (Å²) < 4.78 is 13.4. The monoisotopic (exact) mass is 1010 g/mol. The van der Waals surface area contributed by atoms with Crippen molar-refractivity contribution in [3.63, 3.8) is 0 Å². The van der Waals surface area contributed by atoms with Gasteiger partial charge < -0.3 is 9.30 Å². The molecule has 5 nitrogen and oxygen atoms in total. The molecule has 0 saturated carbocycles. The maximum absolute atomic E-state index is 6.74. The molecule has 0 bridgehead atoms. The maximum Gasteiger partial charge on any atom is 2.00 e. The number of nitrogens with zero attached hydrogens (tertiary/aromatic N) is 4. The van der Waals surface area contributed by atoms with E-state index in [1.165, 1.54) is 22.0 Å². The molecule has 0 atom stereocenters. The maximum atomic E-state index is 6.74. The first kappa shape index (κ1) is 39.7. The first-order valence-electron chi connectivity index (χ1n) is 21.6. The molecule has 2 aliphatic heterocycles. The Balaban J connectivity index is 0.00000456. The Morgan fingerprint density at radius 1 is 0.531 bits per heavy atom. The molecule has 12 rings (SSSR count). The van der Waals surface area contributed by atoms with E-state index in [0.717, 1.165) is 72.5 Å². The number of ether oxygens (including phenoxy) is 1. The molecular formula is C58H42N4OPt+2. The van der Waals surface area contributed by atoms with E-state index in [1.54, 1.807) is 0 Å². The van der Waals surface area contributed by atoms with Gasteiger partial charge in [0.2, 0.25) is 5.69 Å². The van der Waals surface area contributed by atoms with Crippen LogP contribution in [0.1, 0.15) is 38.8 Å². The zero-order valence-corrected chi connectivity index (χ0v) is 38.1. The van der Waals surface area contributed by atoms with Crippen LogP contribution < -0.4 is 13.9 Å². The minimum Gasteiger partial charge on any atom is -0.509 e. The van der Waals surface area contributed by atoms with Gasteiger partial charge in [0.1, 0.15) is 11.5 Å². The molecule has 6 heteroatoms. The molecule has 0 fully saturated rings. The predicted molar refractivity (Wildman–Crippen MR) is 258 cm³/mol. The summed E-state index contributed by atoms with van der Waals surface area (Å²) in [5, 5.41) is 4.58. The van der Waals surface area contributed by atoms with Crippen LogP contribution in [0.3, 0.4) is 0 Å². The largest absolute Gasteiger partial charge is 2.00 e. The quantitative estimate of drug-likeness (QED) is 0.123. The van der Waals surface area contributed by atoms with Crippen molar-refractivity contribution in [3.05, 3.63) is 205 Å². The molecule has 0 saturated heterocycles. The number of benzene rings is 8. The van der Waals surface area contributed by atoms with Crippen molar-refractivity contribution in [2.75, 3.05) is 0 Å². The Labute approximate surface area is 387 Å². The van der Waals surface area contributed by atoms with E-state index in [9.17, 15) is 0 Å². The van der Waals surface area contributed by atoms with Gasteiger partial charge in [-0.3, -0.25) is 0 Å². The molecular weight excluding hydrogens is 964 g/mol. The van der Waals surface area contributed by atoms with Crippen LogP contribution in [-0.2, 0) is 31.9 Å². The second-order valence-electron chi connectivity index (χ2n) is 17.6. The van der Waals surface area contributed by atoms with Gasteiger partial charge in [-0.05, 0) is 62.4 Å². The van der Waals surface area contributed by atoms with E-state index >= 15 is 0 Å². The fourth-order valence-corrected chi connectivity index (χ4v) is 9.92. The van der Waals surface area contributed by atoms with Gasteiger partial charge >= 0.3 is 32.8 Å². The van der Waals surface area contributed by atoms with Crippen LogP contribution in [0.25, 0.3) is 60.6 Å². The smallest absolute Gasteiger partial charge is 0.509 e. The van der Waals surface area contributed by atoms with Gasteiger partial charge in [-0.1, -0.05) is 159 Å². The zero-order chi connectivity index (χ0) is 42.5. The van der Waals surface area contributed by atoms with E-state index < -0.39 is 0 Å². The van der Waals surface area contributed by atoms with Crippen molar-refractivity contribution in [2.45, 2.75) is 38.5 Å². The van der Waals surface area contributed by atoms with Crippen LogP contribution >= 0.6 is 0 Å². The standard InChI is InChI=1S/C58H42N4O.Pt/c1-57(2)49-28-15-27-48-47-32-31-43(36-52(47)62(54(48)49)56-50(58(57,3)4)29-16-34-59-56)63-42-23-13-22-41(35-42)60-37-61(55-46-24-12-11-21-40(46)30-33-51(55)60)53-44(38-17-7-5-8-18-38)25-14-26-45(53)39-19-9-6-10-20-39;/h5-34H,1-4H3;/q;+2. The SMILES string of the molecule is CC1(C)c2cccnc2-n2c3[c-]c(Oc4[c-]c([N+]5=C=[N+](c6c(-c7ccccc7)cccc6-c6ccccc6)c6c5ccc5ccccc65)ccc4)ccc3c3cccc(c32)C1(C)C.[Pt+2]. The normalized spacial score (nSPS) is 14.3. The molecule has 8 aromatic carbocycles. The number of hydrogen-bond acceptors (Lipinski definition) is 2. The molecule has 64 heavy (non-hydrogen) atoms. The predicted octanol–water partition coefficient (Wildman–Crippen LogP) is 14.5. The van der Waals surface area contributed by atoms with Crippen LogP contribution in [-0.4, -0.2) is 15.6 Å². The van der Waals surface area contributed by atoms with Crippen molar-refractivity contribution < 1.29 is 25.8 Å². The molecule has 2 aromatic heterocycles. The Kier molecular flexibility index (Phi) is 9.29. The second-order valence-corrected chi connectivity index (χ2v) is 17.6. The molecule has 2 aliphatic rings. The molecule has 4 heterocycles. The van der Waals surface area contributed by atoms with Crippen LogP contribution in [0.15, 0.2) is 182 Å². The molecule has 10 aromatic rings. The van der Waals surface area contributed by atoms with Crippen LogP contribution in [0.5, 0.6) is 11.5 Å². The van der Waals surface area contributed by atoms with Crippen molar-refractivity contribution >= 4 is 61.3 Å². The number of pyridine rings is 1. The van der Waals surface area contributed by atoms with Gasteiger partial charge in [0, 0.05) is 45.7 Å². The van der Waals surface area contributed by atoms with Crippen molar-refractivity contribution in [1.82, 2.24) is 18.7 Å². The Hall–Kier alpha value is -7.16. The van der Waals surface area contributed by atoms with E-state index in [4.69, 9.17) is 9.72 Å². The van der Waals surface area contributed by atoms with Crippen molar-refractivity contribution in [1.29, 1.82) is 0 Å². The molecule has 0 aliphatic carbocycles. The Bertz CT molecular complexity index is 3520. The number of fused-ring (bicyclic) bond motifs is 8. The number of aromatic nitrogens is 2. The van der Waals surface area contributed by atoms with E-state index in [0.29, 0.717) is 11.5 Å². The topological polar surface area (TPSA) is 33.1 Å². The average molecular weight is 1010 g/mol. The summed E-state index contributed by atoms with van der Waals surface area (Å²) in [5.74, 6) is 2.11. The van der Waals surface area contributed by atoms with Crippen LogP contribution in [0.2, 0.25) is 0 Å². The summed E-state index contributed by atoms with van der Waals surface area (Å²) in [4.78, 5) is 5.05. The van der Waals surface area contributed by atoms with Gasteiger partial charge in [-0.2, -0.15) is 12.1 Å². The average Bonchev–Trinajstić information content (AvgIpc) is 3.86. The number of para-hydroxylation sites is 2. The third-order valence-electron chi connectivity index (χ3n) is 13.8. The minimum atomic E-state index is -0.198. The zero-order valence-electron chi connectivity index (χ0n) is 35.8. The summed E-state index contributed by atoms with van der Waals surface area (Å²) in [5.41, 5.74) is 12.6. The molecule has 0 N–H and O–H groups in total. The summed E-state index contributed by atoms with van der Waals surface area (Å²) in [6.45, 7) is 9.38. The third kappa shape index (κ3) is 5.92. The molecule has 0 unspecified atom stereocenters. The fraction of sp³-hybridized carbons (Fsp3) is 0.103.